The summed E-state index contributed by atoms with van der Waals surface area (Å²) in [6, 6.07) is 15.9. The monoisotopic (exact) mass is 407 g/mol. The highest BCUT2D eigenvalue weighted by Gasteiger charge is 2.39. The van der Waals surface area contributed by atoms with Crippen molar-refractivity contribution < 1.29 is 14.0 Å². The summed E-state index contributed by atoms with van der Waals surface area (Å²) >= 11 is 5.96. The molecule has 1 N–H and O–H groups in total. The number of halogens is 2. The molecule has 3 aromatic rings. The maximum Gasteiger partial charge on any atom is 0.278 e. The quantitative estimate of drug-likeness (QED) is 0.642. The van der Waals surface area contributed by atoms with E-state index < -0.39 is 17.6 Å². The number of nitrogens with one attached hydrogen (secondary N) is 1. The molecule has 0 saturated carbocycles. The summed E-state index contributed by atoms with van der Waals surface area (Å²) in [5, 5.41) is 3.43. The van der Waals surface area contributed by atoms with E-state index in [1.54, 1.807) is 54.9 Å². The third-order valence-electron chi connectivity index (χ3n) is 4.46. The molecular weight excluding hydrogens is 393 g/mol. The van der Waals surface area contributed by atoms with Crippen LogP contribution >= 0.6 is 11.6 Å². The van der Waals surface area contributed by atoms with E-state index >= 15 is 0 Å². The SMILES string of the molecule is O=C1C(Nc2cccc(F)c2)=C(c2ccc(Cl)cc2)C(=O)N1Cc1cccnc1. The number of anilines is 1. The molecule has 1 aliphatic rings. The average Bonchev–Trinajstić information content (AvgIpc) is 2.94. The molecule has 1 aromatic heterocycles. The molecule has 0 bridgehead atoms. The summed E-state index contributed by atoms with van der Waals surface area (Å²) < 4.78 is 13.6. The molecule has 0 spiro atoms. The second kappa shape index (κ2) is 7.85. The molecule has 0 saturated heterocycles. The van der Waals surface area contributed by atoms with Gasteiger partial charge >= 0.3 is 0 Å². The van der Waals surface area contributed by atoms with Crippen molar-refractivity contribution in [3.05, 3.63) is 101 Å². The smallest absolute Gasteiger partial charge is 0.278 e. The number of imide groups is 1. The highest BCUT2D eigenvalue weighted by atomic mass is 35.5. The summed E-state index contributed by atoms with van der Waals surface area (Å²) in [5.74, 6) is -1.39. The number of pyridine rings is 1. The highest BCUT2D eigenvalue weighted by Crippen LogP contribution is 2.32. The van der Waals surface area contributed by atoms with E-state index in [-0.39, 0.29) is 17.8 Å². The predicted molar refractivity (Wildman–Crippen MR) is 108 cm³/mol. The number of hydrogen-bond donors (Lipinski definition) is 1. The van der Waals surface area contributed by atoms with Crippen molar-refractivity contribution in [2.45, 2.75) is 6.54 Å². The van der Waals surface area contributed by atoms with E-state index in [0.29, 0.717) is 16.3 Å². The topological polar surface area (TPSA) is 62.3 Å². The third-order valence-corrected chi connectivity index (χ3v) is 4.71. The molecule has 144 valence electrons. The summed E-state index contributed by atoms with van der Waals surface area (Å²) in [4.78, 5) is 31.4. The summed E-state index contributed by atoms with van der Waals surface area (Å²) in [6.45, 7) is 0.0803. The molecule has 0 unspecified atom stereocenters. The van der Waals surface area contributed by atoms with Gasteiger partial charge < -0.3 is 5.32 Å². The van der Waals surface area contributed by atoms with Gasteiger partial charge in [-0.1, -0.05) is 35.9 Å². The number of nitrogens with zero attached hydrogens (tertiary/aromatic N) is 2. The Morgan fingerprint density at radius 2 is 1.79 bits per heavy atom. The van der Waals surface area contributed by atoms with Crippen LogP contribution in [-0.2, 0) is 16.1 Å². The first kappa shape index (κ1) is 18.8. The van der Waals surface area contributed by atoms with Crippen molar-refractivity contribution in [3.63, 3.8) is 0 Å². The zero-order chi connectivity index (χ0) is 20.4. The Bertz CT molecular complexity index is 1110. The van der Waals surface area contributed by atoms with Crippen LogP contribution in [0.15, 0.2) is 78.8 Å². The average molecular weight is 408 g/mol. The van der Waals surface area contributed by atoms with Crippen LogP contribution in [0.3, 0.4) is 0 Å². The van der Waals surface area contributed by atoms with Gasteiger partial charge in [-0.15, -0.1) is 0 Å². The Morgan fingerprint density at radius 1 is 1.00 bits per heavy atom. The van der Waals surface area contributed by atoms with Crippen LogP contribution < -0.4 is 5.32 Å². The maximum atomic E-state index is 13.6. The van der Waals surface area contributed by atoms with Crippen molar-refractivity contribution in [2.24, 2.45) is 0 Å². The standard InChI is InChI=1S/C22H15ClFN3O2/c23-16-8-6-15(7-9-16)19-20(26-18-5-1-4-17(24)11-18)22(29)27(21(19)28)13-14-3-2-10-25-12-14/h1-12,26H,13H2. The van der Waals surface area contributed by atoms with Crippen LogP contribution in [0.25, 0.3) is 5.57 Å². The van der Waals surface area contributed by atoms with E-state index in [2.05, 4.69) is 10.3 Å². The predicted octanol–water partition coefficient (Wildman–Crippen LogP) is 4.27. The molecule has 5 nitrogen and oxygen atoms in total. The van der Waals surface area contributed by atoms with Gasteiger partial charge in [-0.25, -0.2) is 4.39 Å². The van der Waals surface area contributed by atoms with E-state index in [1.165, 1.54) is 18.2 Å². The zero-order valence-electron chi connectivity index (χ0n) is 15.1. The largest absolute Gasteiger partial charge is 0.350 e. The van der Waals surface area contributed by atoms with Crippen LogP contribution in [0, 0.1) is 5.82 Å². The first-order valence-corrected chi connectivity index (χ1v) is 9.18. The van der Waals surface area contributed by atoms with Crippen molar-refractivity contribution >= 4 is 34.7 Å². The van der Waals surface area contributed by atoms with Crippen molar-refractivity contribution in [1.82, 2.24) is 9.88 Å². The van der Waals surface area contributed by atoms with Crippen molar-refractivity contribution in [3.8, 4) is 0 Å². The summed E-state index contributed by atoms with van der Waals surface area (Å²) in [6.07, 6.45) is 3.21. The normalized spacial score (nSPS) is 13.9. The Hall–Kier alpha value is -3.51. The molecule has 7 heteroatoms. The number of benzene rings is 2. The molecule has 2 heterocycles. The zero-order valence-corrected chi connectivity index (χ0v) is 15.9. The highest BCUT2D eigenvalue weighted by molar-refractivity contribution is 6.36. The van der Waals surface area contributed by atoms with Gasteiger partial charge in [0, 0.05) is 23.1 Å². The fraction of sp³-hybridized carbons (Fsp3) is 0.0455. The number of amides is 2. The minimum atomic E-state index is -0.493. The first-order chi connectivity index (χ1) is 14.0. The molecule has 2 aromatic carbocycles. The Balaban J connectivity index is 1.75. The fourth-order valence-electron chi connectivity index (χ4n) is 3.10. The molecule has 0 atom stereocenters. The minimum absolute atomic E-state index is 0.0803. The van der Waals surface area contributed by atoms with Gasteiger partial charge in [-0.05, 0) is 47.5 Å². The van der Waals surface area contributed by atoms with Gasteiger partial charge in [0.25, 0.3) is 11.8 Å². The second-order valence-corrected chi connectivity index (χ2v) is 6.89. The van der Waals surface area contributed by atoms with E-state index in [0.717, 1.165) is 10.5 Å². The van der Waals surface area contributed by atoms with Crippen LogP contribution in [0.4, 0.5) is 10.1 Å². The van der Waals surface area contributed by atoms with Crippen LogP contribution in [0.5, 0.6) is 0 Å². The maximum absolute atomic E-state index is 13.6. The second-order valence-electron chi connectivity index (χ2n) is 6.45. The lowest BCUT2D eigenvalue weighted by Gasteiger charge is -2.15. The number of aromatic nitrogens is 1. The molecule has 4 rings (SSSR count). The molecule has 0 radical (unpaired) electrons. The minimum Gasteiger partial charge on any atom is -0.350 e. The van der Waals surface area contributed by atoms with E-state index in [1.807, 2.05) is 0 Å². The molecule has 29 heavy (non-hydrogen) atoms. The lowest BCUT2D eigenvalue weighted by molar-refractivity contribution is -0.137. The van der Waals surface area contributed by atoms with Gasteiger partial charge in [0.1, 0.15) is 11.5 Å². The fourth-order valence-corrected chi connectivity index (χ4v) is 3.23. The Kier molecular flexibility index (Phi) is 5.10. The van der Waals surface area contributed by atoms with E-state index in [9.17, 15) is 14.0 Å². The van der Waals surface area contributed by atoms with Gasteiger partial charge in [0.2, 0.25) is 0 Å². The molecular formula is C22H15ClFN3O2. The number of rotatable bonds is 5. The molecule has 0 fully saturated rings. The Labute approximate surface area is 171 Å². The Morgan fingerprint density at radius 3 is 2.48 bits per heavy atom. The van der Waals surface area contributed by atoms with Gasteiger partial charge in [-0.2, -0.15) is 0 Å². The van der Waals surface area contributed by atoms with E-state index in [4.69, 9.17) is 11.6 Å². The lowest BCUT2D eigenvalue weighted by atomic mass is 10.0. The van der Waals surface area contributed by atoms with Gasteiger partial charge in [0.05, 0.1) is 12.1 Å². The number of hydrogen-bond acceptors (Lipinski definition) is 4. The van der Waals surface area contributed by atoms with Gasteiger partial charge in [-0.3, -0.25) is 19.5 Å². The summed E-state index contributed by atoms with van der Waals surface area (Å²) in [7, 11) is 0. The third kappa shape index (κ3) is 3.88. The van der Waals surface area contributed by atoms with Crippen molar-refractivity contribution in [1.29, 1.82) is 0 Å². The number of carbonyl (C=O) groups excluding carboxylic acids is 2. The molecule has 0 aliphatic carbocycles. The van der Waals surface area contributed by atoms with Crippen LogP contribution in [-0.4, -0.2) is 21.7 Å². The van der Waals surface area contributed by atoms with Crippen molar-refractivity contribution in [2.75, 3.05) is 5.32 Å². The van der Waals surface area contributed by atoms with Crippen LogP contribution in [0.2, 0.25) is 5.02 Å². The summed E-state index contributed by atoms with van der Waals surface area (Å²) in [5.41, 5.74) is 1.93. The number of carbonyl (C=O) groups is 2. The molecule has 1 aliphatic heterocycles. The first-order valence-electron chi connectivity index (χ1n) is 8.81. The van der Waals surface area contributed by atoms with Gasteiger partial charge in [0.15, 0.2) is 0 Å². The van der Waals surface area contributed by atoms with Crippen LogP contribution in [0.1, 0.15) is 11.1 Å². The lowest BCUT2D eigenvalue weighted by Crippen LogP contribution is -2.32. The molecule has 2 amide bonds.